The minimum atomic E-state index is -0.153. The van der Waals surface area contributed by atoms with Crippen molar-refractivity contribution in [2.45, 2.75) is 32.6 Å². The number of nitrogens with one attached hydrogen (secondary N) is 1. The van der Waals surface area contributed by atoms with Gasteiger partial charge in [-0.1, -0.05) is 6.42 Å². The van der Waals surface area contributed by atoms with Gasteiger partial charge in [0.05, 0.1) is 6.42 Å². The Hall–Kier alpha value is -0.900. The van der Waals surface area contributed by atoms with Crippen LogP contribution in [-0.2, 0) is 9.59 Å². The quantitative estimate of drug-likeness (QED) is 0.678. The molecule has 0 radical (unpaired) electrons. The fourth-order valence-electron chi connectivity index (χ4n) is 1.83. The van der Waals surface area contributed by atoms with Crippen molar-refractivity contribution in [2.24, 2.45) is 0 Å². The van der Waals surface area contributed by atoms with Crippen molar-refractivity contribution in [3.8, 4) is 0 Å². The molecule has 4 heteroatoms. The lowest BCUT2D eigenvalue weighted by Gasteiger charge is -2.26. The number of rotatable bonds is 5. The van der Waals surface area contributed by atoms with Gasteiger partial charge in [-0.25, -0.2) is 0 Å². The molecule has 15 heavy (non-hydrogen) atoms. The number of hydrogen-bond acceptors (Lipinski definition) is 3. The summed E-state index contributed by atoms with van der Waals surface area (Å²) in [5.74, 6) is -0.231. The summed E-state index contributed by atoms with van der Waals surface area (Å²) in [4.78, 5) is 24.2. The van der Waals surface area contributed by atoms with Gasteiger partial charge in [-0.3, -0.25) is 9.59 Å². The molecule has 1 aliphatic heterocycles. The Morgan fingerprint density at radius 1 is 1.20 bits per heavy atom. The fourth-order valence-corrected chi connectivity index (χ4v) is 1.83. The van der Waals surface area contributed by atoms with Gasteiger partial charge in [0, 0.05) is 13.1 Å². The summed E-state index contributed by atoms with van der Waals surface area (Å²) in [6.07, 6.45) is 3.87. The zero-order valence-corrected chi connectivity index (χ0v) is 9.42. The van der Waals surface area contributed by atoms with E-state index in [2.05, 4.69) is 10.2 Å². The molecule has 0 aromatic rings. The van der Waals surface area contributed by atoms with Gasteiger partial charge in [-0.05, 0) is 32.9 Å². The van der Waals surface area contributed by atoms with E-state index < -0.39 is 0 Å². The average molecular weight is 212 g/mol. The number of piperidine rings is 1. The second-order valence-electron chi connectivity index (χ2n) is 4.13. The third-order valence-electron chi connectivity index (χ3n) is 2.61. The summed E-state index contributed by atoms with van der Waals surface area (Å²) in [6, 6.07) is 0. The van der Waals surface area contributed by atoms with Crippen LogP contribution in [0.3, 0.4) is 0 Å². The third kappa shape index (κ3) is 5.52. The maximum absolute atomic E-state index is 11.1. The molecule has 0 aromatic carbocycles. The van der Waals surface area contributed by atoms with Gasteiger partial charge in [-0.15, -0.1) is 0 Å². The van der Waals surface area contributed by atoms with E-state index in [1.807, 2.05) is 0 Å². The van der Waals surface area contributed by atoms with Crippen molar-refractivity contribution in [1.82, 2.24) is 10.2 Å². The van der Waals surface area contributed by atoms with Gasteiger partial charge in [0.15, 0.2) is 0 Å². The SMILES string of the molecule is CC(=O)CC(=O)NCCN1CCCCC1. The van der Waals surface area contributed by atoms with E-state index in [0.29, 0.717) is 6.54 Å². The molecule has 1 aliphatic rings. The summed E-state index contributed by atoms with van der Waals surface area (Å²) < 4.78 is 0. The summed E-state index contributed by atoms with van der Waals surface area (Å²) in [5, 5.41) is 2.76. The van der Waals surface area contributed by atoms with Gasteiger partial charge < -0.3 is 10.2 Å². The van der Waals surface area contributed by atoms with E-state index in [0.717, 1.165) is 19.6 Å². The topological polar surface area (TPSA) is 49.4 Å². The van der Waals surface area contributed by atoms with Crippen LogP contribution in [0.25, 0.3) is 0 Å². The maximum atomic E-state index is 11.1. The molecule has 0 atom stereocenters. The second kappa shape index (κ2) is 6.56. The second-order valence-corrected chi connectivity index (χ2v) is 4.13. The van der Waals surface area contributed by atoms with Crippen LogP contribution in [0.15, 0.2) is 0 Å². The van der Waals surface area contributed by atoms with Gasteiger partial charge in [-0.2, -0.15) is 0 Å². The number of carbonyl (C=O) groups excluding carboxylic acids is 2. The molecular weight excluding hydrogens is 192 g/mol. The van der Waals surface area contributed by atoms with E-state index in [4.69, 9.17) is 0 Å². The van der Waals surface area contributed by atoms with Gasteiger partial charge in [0.2, 0.25) is 5.91 Å². The first-order valence-electron chi connectivity index (χ1n) is 5.67. The normalized spacial score (nSPS) is 17.4. The van der Waals surface area contributed by atoms with Gasteiger partial charge in [0.1, 0.15) is 5.78 Å². The molecule has 1 fully saturated rings. The van der Waals surface area contributed by atoms with Crippen LogP contribution in [0.5, 0.6) is 0 Å². The summed E-state index contributed by atoms with van der Waals surface area (Å²) in [6.45, 7) is 5.28. The van der Waals surface area contributed by atoms with Crippen LogP contribution in [0.4, 0.5) is 0 Å². The zero-order valence-electron chi connectivity index (χ0n) is 9.42. The van der Waals surface area contributed by atoms with Crippen molar-refractivity contribution in [3.63, 3.8) is 0 Å². The lowest BCUT2D eigenvalue weighted by atomic mass is 10.1. The number of carbonyl (C=O) groups is 2. The maximum Gasteiger partial charge on any atom is 0.227 e. The van der Waals surface area contributed by atoms with Crippen molar-refractivity contribution >= 4 is 11.7 Å². The molecule has 0 saturated carbocycles. The average Bonchev–Trinajstić information content (AvgIpc) is 2.18. The van der Waals surface area contributed by atoms with Gasteiger partial charge >= 0.3 is 0 Å². The van der Waals surface area contributed by atoms with E-state index in [1.165, 1.54) is 26.2 Å². The molecule has 86 valence electrons. The highest BCUT2D eigenvalue weighted by molar-refractivity contribution is 5.96. The summed E-state index contributed by atoms with van der Waals surface area (Å²) in [7, 11) is 0. The monoisotopic (exact) mass is 212 g/mol. The zero-order chi connectivity index (χ0) is 11.1. The molecule has 1 saturated heterocycles. The minimum Gasteiger partial charge on any atom is -0.354 e. The van der Waals surface area contributed by atoms with E-state index in [9.17, 15) is 9.59 Å². The van der Waals surface area contributed by atoms with Crippen LogP contribution < -0.4 is 5.32 Å². The lowest BCUT2D eigenvalue weighted by Crippen LogP contribution is -2.37. The number of amides is 1. The predicted octanol–water partition coefficient (Wildman–Crippen LogP) is 0.568. The first kappa shape index (κ1) is 12.2. The van der Waals surface area contributed by atoms with Crippen molar-refractivity contribution in [1.29, 1.82) is 0 Å². The molecule has 1 amide bonds. The molecule has 0 bridgehead atoms. The number of hydrogen-bond donors (Lipinski definition) is 1. The third-order valence-corrected chi connectivity index (χ3v) is 2.61. The van der Waals surface area contributed by atoms with Crippen LogP contribution in [-0.4, -0.2) is 42.8 Å². The van der Waals surface area contributed by atoms with Crippen molar-refractivity contribution in [2.75, 3.05) is 26.2 Å². The lowest BCUT2D eigenvalue weighted by molar-refractivity contribution is -0.127. The Morgan fingerprint density at radius 3 is 2.47 bits per heavy atom. The van der Waals surface area contributed by atoms with Crippen molar-refractivity contribution < 1.29 is 9.59 Å². The summed E-state index contributed by atoms with van der Waals surface area (Å²) >= 11 is 0. The Balaban J connectivity index is 2.04. The Labute approximate surface area is 91.0 Å². The van der Waals surface area contributed by atoms with Gasteiger partial charge in [0.25, 0.3) is 0 Å². The number of Topliss-reactive ketones (excluding diaryl/α,β-unsaturated/α-hetero) is 1. The Bertz CT molecular complexity index is 223. The largest absolute Gasteiger partial charge is 0.354 e. The highest BCUT2D eigenvalue weighted by atomic mass is 16.2. The number of likely N-dealkylation sites (tertiary alicyclic amines) is 1. The van der Waals surface area contributed by atoms with Crippen LogP contribution >= 0.6 is 0 Å². The molecule has 1 rings (SSSR count). The predicted molar refractivity (Wildman–Crippen MR) is 58.6 cm³/mol. The standard InChI is InChI=1S/C11H20N2O2/c1-10(14)9-11(15)12-5-8-13-6-3-2-4-7-13/h2-9H2,1H3,(H,12,15). The number of nitrogens with zero attached hydrogens (tertiary/aromatic N) is 1. The number of ketones is 1. The molecule has 0 aliphatic carbocycles. The highest BCUT2D eigenvalue weighted by Crippen LogP contribution is 2.07. The molecule has 4 nitrogen and oxygen atoms in total. The first-order valence-corrected chi connectivity index (χ1v) is 5.67. The highest BCUT2D eigenvalue weighted by Gasteiger charge is 2.10. The fraction of sp³-hybridized carbons (Fsp3) is 0.818. The van der Waals surface area contributed by atoms with E-state index in [-0.39, 0.29) is 18.1 Å². The van der Waals surface area contributed by atoms with Crippen LogP contribution in [0, 0.1) is 0 Å². The molecule has 1 N–H and O–H groups in total. The van der Waals surface area contributed by atoms with E-state index >= 15 is 0 Å². The van der Waals surface area contributed by atoms with Crippen molar-refractivity contribution in [3.05, 3.63) is 0 Å². The van der Waals surface area contributed by atoms with Crippen LogP contribution in [0.1, 0.15) is 32.6 Å². The van der Waals surface area contributed by atoms with Crippen LogP contribution in [0.2, 0.25) is 0 Å². The summed E-state index contributed by atoms with van der Waals surface area (Å²) in [5.41, 5.74) is 0. The molecule has 0 aromatic heterocycles. The van der Waals surface area contributed by atoms with E-state index in [1.54, 1.807) is 0 Å². The minimum absolute atomic E-state index is 0.0139. The molecule has 1 heterocycles. The smallest absolute Gasteiger partial charge is 0.227 e. The Morgan fingerprint density at radius 2 is 1.87 bits per heavy atom. The molecule has 0 spiro atoms. The molecule has 0 unspecified atom stereocenters. The molecular formula is C11H20N2O2. The Kier molecular flexibility index (Phi) is 5.32. The first-order chi connectivity index (χ1) is 7.18.